The summed E-state index contributed by atoms with van der Waals surface area (Å²) in [4.78, 5) is 19.7. The highest BCUT2D eigenvalue weighted by Crippen LogP contribution is 2.23. The highest BCUT2D eigenvalue weighted by molar-refractivity contribution is 9.10. The van der Waals surface area contributed by atoms with E-state index < -0.39 is 0 Å². The summed E-state index contributed by atoms with van der Waals surface area (Å²) in [6.07, 6.45) is 1.73. The Morgan fingerprint density at radius 2 is 1.93 bits per heavy atom. The Morgan fingerprint density at radius 1 is 1.13 bits per heavy atom. The van der Waals surface area contributed by atoms with E-state index in [1.807, 2.05) is 25.1 Å². The Bertz CT molecular complexity index is 1170. The number of ether oxygens (including phenoxy) is 1. The summed E-state index contributed by atoms with van der Waals surface area (Å²) in [6, 6.07) is 10.2. The van der Waals surface area contributed by atoms with E-state index >= 15 is 0 Å². The fourth-order valence-corrected chi connectivity index (χ4v) is 3.85. The topological polar surface area (TPSA) is 96.3 Å². The van der Waals surface area contributed by atoms with Crippen LogP contribution in [0, 0.1) is 6.92 Å². The fraction of sp³-hybridized carbons (Fsp3) is 0.300. The van der Waals surface area contributed by atoms with Crippen molar-refractivity contribution in [2.75, 3.05) is 36.5 Å². The molecule has 0 bridgehead atoms. The number of morpholine rings is 1. The molecule has 1 saturated heterocycles. The first kappa shape index (κ1) is 19.0. The second kappa shape index (κ2) is 8.04. The van der Waals surface area contributed by atoms with Crippen LogP contribution in [0.4, 0.5) is 11.9 Å². The molecule has 4 aromatic rings. The molecule has 0 aliphatic carbocycles. The molecule has 9 nitrogen and oxygen atoms in total. The highest BCUT2D eigenvalue weighted by Gasteiger charge is 2.19. The minimum absolute atomic E-state index is 0.486. The normalized spacial score (nSPS) is 14.4. The zero-order valence-electron chi connectivity index (χ0n) is 16.5. The van der Waals surface area contributed by atoms with Crippen molar-refractivity contribution in [2.24, 2.45) is 0 Å². The van der Waals surface area contributed by atoms with Crippen molar-refractivity contribution in [3.05, 3.63) is 52.5 Å². The van der Waals surface area contributed by atoms with Crippen molar-refractivity contribution in [1.29, 1.82) is 0 Å². The number of aromatic nitrogens is 6. The standard InChI is InChI=1S/C20H21BrN8O/c1-13-17(14-5-3-2-4-6-14)25-16(24-13)12-22-19-27-20(28-7-9-30-10-8-28)26-18-15(21)11-23-29(18)19/h2-6,11H,7-10,12H2,1H3,(H,24,25)(H,22,26,27). The third kappa shape index (κ3) is 3.63. The molecule has 0 unspecified atom stereocenters. The summed E-state index contributed by atoms with van der Waals surface area (Å²) in [5, 5.41) is 7.76. The summed E-state index contributed by atoms with van der Waals surface area (Å²) in [6.45, 7) is 5.39. The van der Waals surface area contributed by atoms with Gasteiger partial charge in [-0.1, -0.05) is 30.3 Å². The number of benzene rings is 1. The van der Waals surface area contributed by atoms with Crippen LogP contribution in [-0.2, 0) is 11.3 Å². The van der Waals surface area contributed by atoms with Gasteiger partial charge in [0.1, 0.15) is 5.82 Å². The molecule has 0 spiro atoms. The molecule has 3 aromatic heterocycles. The van der Waals surface area contributed by atoms with Gasteiger partial charge in [0.25, 0.3) is 0 Å². The van der Waals surface area contributed by atoms with E-state index in [-0.39, 0.29) is 0 Å². The predicted molar refractivity (Wildman–Crippen MR) is 118 cm³/mol. The van der Waals surface area contributed by atoms with Gasteiger partial charge >= 0.3 is 0 Å². The molecule has 0 saturated carbocycles. The Morgan fingerprint density at radius 3 is 2.73 bits per heavy atom. The first-order chi connectivity index (χ1) is 14.7. The van der Waals surface area contributed by atoms with E-state index in [0.29, 0.717) is 31.7 Å². The zero-order chi connectivity index (χ0) is 20.5. The minimum Gasteiger partial charge on any atom is -0.378 e. The first-order valence-corrected chi connectivity index (χ1v) is 10.6. The molecule has 0 atom stereocenters. The molecule has 10 heteroatoms. The van der Waals surface area contributed by atoms with Gasteiger partial charge in [-0.2, -0.15) is 19.6 Å². The fourth-order valence-electron chi connectivity index (χ4n) is 3.50. The van der Waals surface area contributed by atoms with Gasteiger partial charge in [0, 0.05) is 24.3 Å². The number of nitrogens with one attached hydrogen (secondary N) is 2. The van der Waals surface area contributed by atoms with E-state index in [1.165, 1.54) is 0 Å². The van der Waals surface area contributed by atoms with Crippen LogP contribution in [0.1, 0.15) is 11.5 Å². The van der Waals surface area contributed by atoms with Gasteiger partial charge < -0.3 is 19.9 Å². The molecular weight excluding hydrogens is 448 g/mol. The Balaban J connectivity index is 1.43. The van der Waals surface area contributed by atoms with E-state index in [9.17, 15) is 0 Å². The molecule has 1 aromatic carbocycles. The second-order valence-electron chi connectivity index (χ2n) is 7.05. The maximum Gasteiger partial charge on any atom is 0.230 e. The predicted octanol–water partition coefficient (Wildman–Crippen LogP) is 3.03. The maximum atomic E-state index is 5.45. The summed E-state index contributed by atoms with van der Waals surface area (Å²) in [5.74, 6) is 2.11. The first-order valence-electron chi connectivity index (χ1n) is 9.78. The van der Waals surface area contributed by atoms with Crippen LogP contribution in [0.25, 0.3) is 16.9 Å². The molecule has 154 valence electrons. The van der Waals surface area contributed by atoms with Crippen molar-refractivity contribution in [2.45, 2.75) is 13.5 Å². The lowest BCUT2D eigenvalue weighted by Gasteiger charge is -2.27. The van der Waals surface area contributed by atoms with Gasteiger partial charge in [-0.15, -0.1) is 0 Å². The van der Waals surface area contributed by atoms with Gasteiger partial charge in [-0.3, -0.25) is 0 Å². The van der Waals surface area contributed by atoms with Crippen molar-refractivity contribution in [1.82, 2.24) is 29.5 Å². The van der Waals surface area contributed by atoms with Crippen LogP contribution in [-0.4, -0.2) is 55.9 Å². The van der Waals surface area contributed by atoms with E-state index in [4.69, 9.17) is 14.7 Å². The van der Waals surface area contributed by atoms with Gasteiger partial charge in [-0.25, -0.2) is 4.98 Å². The minimum atomic E-state index is 0.486. The third-order valence-electron chi connectivity index (χ3n) is 5.00. The van der Waals surface area contributed by atoms with E-state index in [0.717, 1.165) is 46.0 Å². The van der Waals surface area contributed by atoms with Crippen LogP contribution in [0.2, 0.25) is 0 Å². The van der Waals surface area contributed by atoms with Crippen molar-refractivity contribution in [3.63, 3.8) is 0 Å². The number of hydrogen-bond acceptors (Lipinski definition) is 7. The number of nitrogens with zero attached hydrogens (tertiary/aromatic N) is 6. The lowest BCUT2D eigenvalue weighted by Crippen LogP contribution is -2.37. The van der Waals surface area contributed by atoms with Gasteiger partial charge in [-0.05, 0) is 22.9 Å². The van der Waals surface area contributed by atoms with Crippen LogP contribution in [0.15, 0.2) is 41.0 Å². The number of rotatable bonds is 5. The van der Waals surface area contributed by atoms with Gasteiger partial charge in [0.15, 0.2) is 5.65 Å². The lowest BCUT2D eigenvalue weighted by molar-refractivity contribution is 0.122. The summed E-state index contributed by atoms with van der Waals surface area (Å²) < 4.78 is 7.97. The Labute approximate surface area is 181 Å². The largest absolute Gasteiger partial charge is 0.378 e. The van der Waals surface area contributed by atoms with Crippen LogP contribution < -0.4 is 10.2 Å². The molecule has 1 aliphatic heterocycles. The number of anilines is 2. The lowest BCUT2D eigenvalue weighted by atomic mass is 10.1. The monoisotopic (exact) mass is 468 g/mol. The number of aromatic amines is 1. The number of H-pyrrole nitrogens is 1. The van der Waals surface area contributed by atoms with Crippen LogP contribution in [0.5, 0.6) is 0 Å². The molecule has 4 heterocycles. The number of fused-ring (bicyclic) bond motifs is 1. The number of aryl methyl sites for hydroxylation is 1. The number of imidazole rings is 1. The summed E-state index contributed by atoms with van der Waals surface area (Å²) in [7, 11) is 0. The molecule has 0 amide bonds. The second-order valence-corrected chi connectivity index (χ2v) is 7.91. The molecule has 30 heavy (non-hydrogen) atoms. The molecule has 1 aliphatic rings. The average molecular weight is 469 g/mol. The molecule has 2 N–H and O–H groups in total. The smallest absolute Gasteiger partial charge is 0.230 e. The summed E-state index contributed by atoms with van der Waals surface area (Å²) >= 11 is 3.53. The number of halogens is 1. The van der Waals surface area contributed by atoms with Gasteiger partial charge in [0.2, 0.25) is 11.9 Å². The average Bonchev–Trinajstić information content (AvgIpc) is 3.36. The van der Waals surface area contributed by atoms with Gasteiger partial charge in [0.05, 0.1) is 36.1 Å². The van der Waals surface area contributed by atoms with Crippen molar-refractivity contribution in [3.8, 4) is 11.3 Å². The van der Waals surface area contributed by atoms with Crippen molar-refractivity contribution >= 4 is 33.5 Å². The van der Waals surface area contributed by atoms with Crippen molar-refractivity contribution < 1.29 is 4.74 Å². The van der Waals surface area contributed by atoms with Crippen LogP contribution >= 0.6 is 15.9 Å². The SMILES string of the molecule is Cc1[nH]c(CNc2nc(N3CCOCC3)nc3c(Br)cnn23)nc1-c1ccccc1. The molecule has 1 fully saturated rings. The van der Waals surface area contributed by atoms with E-state index in [2.05, 4.69) is 53.3 Å². The maximum absolute atomic E-state index is 5.45. The zero-order valence-corrected chi connectivity index (χ0v) is 18.1. The third-order valence-corrected chi connectivity index (χ3v) is 5.56. The molecule has 5 rings (SSSR count). The Kier molecular flexibility index (Phi) is 5.09. The highest BCUT2D eigenvalue weighted by atomic mass is 79.9. The Hall–Kier alpha value is -2.98. The van der Waals surface area contributed by atoms with E-state index in [1.54, 1.807) is 10.7 Å². The number of hydrogen-bond donors (Lipinski definition) is 2. The quantitative estimate of drug-likeness (QED) is 0.464. The summed E-state index contributed by atoms with van der Waals surface area (Å²) in [5.41, 5.74) is 3.79. The molecular formula is C20H21BrN8O. The van der Waals surface area contributed by atoms with Crippen LogP contribution in [0.3, 0.4) is 0 Å². The molecule has 0 radical (unpaired) electrons.